The zero-order valence-corrected chi connectivity index (χ0v) is 9.89. The first-order chi connectivity index (χ1) is 7.29. The summed E-state index contributed by atoms with van der Waals surface area (Å²) in [4.78, 5) is 9.11. The average Bonchev–Trinajstić information content (AvgIpc) is 2.13. The molecule has 0 aliphatic heterocycles. The van der Waals surface area contributed by atoms with Gasteiger partial charge in [-0.15, -0.1) is 0 Å². The predicted molar refractivity (Wildman–Crippen MR) is 57.5 cm³/mol. The third-order valence-corrected chi connectivity index (χ3v) is 4.74. The molecule has 0 bridgehead atoms. The van der Waals surface area contributed by atoms with Crippen LogP contribution in [0.4, 0.5) is 0 Å². The fraction of sp³-hybridized carbons (Fsp3) is 0.250. The lowest BCUT2D eigenvalue weighted by Gasteiger charge is -2.10. The third-order valence-electron chi connectivity index (χ3n) is 1.60. The molecular formula is C8H11O6PS. The Labute approximate surface area is 93.2 Å². The molecule has 0 spiro atoms. The van der Waals surface area contributed by atoms with Gasteiger partial charge in [0.15, 0.2) is 5.49 Å². The van der Waals surface area contributed by atoms with Crippen molar-refractivity contribution < 1.29 is 27.0 Å². The van der Waals surface area contributed by atoms with E-state index < -0.39 is 23.2 Å². The highest BCUT2D eigenvalue weighted by atomic mass is 32.2. The lowest BCUT2D eigenvalue weighted by molar-refractivity contribution is 0.253. The maximum Gasteiger partial charge on any atom is 0.345 e. The van der Waals surface area contributed by atoms with Crippen LogP contribution in [0.5, 0.6) is 0 Å². The lowest BCUT2D eigenvalue weighted by atomic mass is 10.2. The van der Waals surface area contributed by atoms with Crippen LogP contribution < -0.4 is 0 Å². The van der Waals surface area contributed by atoms with E-state index in [9.17, 15) is 13.0 Å². The van der Waals surface area contributed by atoms with Gasteiger partial charge in [0.25, 0.3) is 10.1 Å². The molecule has 0 aromatic heterocycles. The van der Waals surface area contributed by atoms with E-state index in [2.05, 4.69) is 4.52 Å². The first-order valence-corrected chi connectivity index (χ1v) is 7.61. The van der Waals surface area contributed by atoms with Gasteiger partial charge in [-0.25, -0.2) is 0 Å². The Balaban J connectivity index is 2.59. The molecule has 0 saturated heterocycles. The maximum absolute atomic E-state index is 11.2. The topological polar surface area (TPSA) is 101 Å². The Hall–Kier alpha value is -0.720. The summed E-state index contributed by atoms with van der Waals surface area (Å²) in [6.07, 6.45) is 0. The number of rotatable bonds is 5. The molecule has 0 fully saturated rings. The minimum atomic E-state index is -4.52. The molecule has 0 aliphatic carbocycles. The second kappa shape index (κ2) is 5.07. The fourth-order valence-electron chi connectivity index (χ4n) is 0.993. The normalized spacial score (nSPS) is 15.6. The van der Waals surface area contributed by atoms with Gasteiger partial charge in [-0.05, 0) is 5.56 Å². The Morgan fingerprint density at radius 3 is 2.31 bits per heavy atom. The van der Waals surface area contributed by atoms with Crippen LogP contribution in [0, 0.1) is 0 Å². The summed E-state index contributed by atoms with van der Waals surface area (Å²) in [5.41, 5.74) is -0.667. The summed E-state index contributed by atoms with van der Waals surface area (Å²) < 4.78 is 45.0. The molecule has 90 valence electrons. The average molecular weight is 266 g/mol. The minimum Gasteiger partial charge on any atom is -0.324 e. The molecule has 1 aromatic carbocycles. The van der Waals surface area contributed by atoms with Crippen molar-refractivity contribution >= 4 is 17.7 Å². The van der Waals surface area contributed by atoms with E-state index in [1.165, 1.54) is 0 Å². The van der Waals surface area contributed by atoms with Gasteiger partial charge >= 0.3 is 7.60 Å². The van der Waals surface area contributed by atoms with Crippen molar-refractivity contribution in [2.75, 3.05) is 5.49 Å². The lowest BCUT2D eigenvalue weighted by Crippen LogP contribution is -2.06. The van der Waals surface area contributed by atoms with Gasteiger partial charge in [0.2, 0.25) is 0 Å². The quantitative estimate of drug-likeness (QED) is 0.614. The largest absolute Gasteiger partial charge is 0.345 e. The Bertz CT molecular complexity index is 483. The van der Waals surface area contributed by atoms with Crippen LogP contribution in [0.3, 0.4) is 0 Å². The summed E-state index contributed by atoms with van der Waals surface area (Å²) in [6.45, 7) is -0.190. The highest BCUT2D eigenvalue weighted by molar-refractivity contribution is 7.92. The summed E-state index contributed by atoms with van der Waals surface area (Å²) in [6, 6.07) is 8.51. The predicted octanol–water partition coefficient (Wildman–Crippen LogP) is 1.23. The van der Waals surface area contributed by atoms with Gasteiger partial charge in [-0.3, -0.25) is 9.12 Å². The van der Waals surface area contributed by atoms with Crippen molar-refractivity contribution in [1.82, 2.24) is 0 Å². The van der Waals surface area contributed by atoms with E-state index in [1.807, 2.05) is 0 Å². The first-order valence-electron chi connectivity index (χ1n) is 4.24. The van der Waals surface area contributed by atoms with Crippen LogP contribution in [0.15, 0.2) is 30.3 Å². The summed E-state index contributed by atoms with van der Waals surface area (Å²) in [7, 11) is -8.84. The van der Waals surface area contributed by atoms with Crippen molar-refractivity contribution in [3.8, 4) is 0 Å². The van der Waals surface area contributed by atoms with Crippen LogP contribution in [-0.4, -0.2) is 23.4 Å². The molecular weight excluding hydrogens is 255 g/mol. The Morgan fingerprint density at radius 1 is 1.25 bits per heavy atom. The van der Waals surface area contributed by atoms with Crippen LogP contribution in [0.2, 0.25) is 0 Å². The summed E-state index contributed by atoms with van der Waals surface area (Å²) >= 11 is 0. The zero-order chi connectivity index (χ0) is 12.2. The van der Waals surface area contributed by atoms with E-state index in [1.54, 1.807) is 30.3 Å². The molecule has 0 heterocycles. The van der Waals surface area contributed by atoms with E-state index in [4.69, 9.17) is 9.45 Å². The molecule has 0 radical (unpaired) electrons. The van der Waals surface area contributed by atoms with Crippen molar-refractivity contribution in [2.45, 2.75) is 6.61 Å². The highest BCUT2D eigenvalue weighted by Gasteiger charge is 2.27. The molecule has 1 aromatic rings. The molecule has 16 heavy (non-hydrogen) atoms. The first kappa shape index (κ1) is 13.3. The van der Waals surface area contributed by atoms with E-state index in [0.717, 1.165) is 0 Å². The minimum absolute atomic E-state index is 0.190. The molecule has 1 atom stereocenters. The second-order valence-electron chi connectivity index (χ2n) is 3.11. The highest BCUT2D eigenvalue weighted by Crippen LogP contribution is 2.43. The van der Waals surface area contributed by atoms with E-state index in [-0.39, 0.29) is 6.61 Å². The summed E-state index contributed by atoms with van der Waals surface area (Å²) in [5.74, 6) is 0. The van der Waals surface area contributed by atoms with Gasteiger partial charge in [-0.1, -0.05) is 30.3 Å². The number of hydrogen-bond acceptors (Lipinski definition) is 4. The summed E-state index contributed by atoms with van der Waals surface area (Å²) in [5, 5.41) is 0. The van der Waals surface area contributed by atoms with Crippen molar-refractivity contribution in [3.63, 3.8) is 0 Å². The third kappa shape index (κ3) is 5.39. The maximum atomic E-state index is 11.2. The van der Waals surface area contributed by atoms with Crippen LogP contribution >= 0.6 is 7.60 Å². The zero-order valence-electron chi connectivity index (χ0n) is 8.18. The molecule has 8 heteroatoms. The van der Waals surface area contributed by atoms with Crippen molar-refractivity contribution in [1.29, 1.82) is 0 Å². The van der Waals surface area contributed by atoms with Crippen molar-refractivity contribution in [2.24, 2.45) is 0 Å². The van der Waals surface area contributed by atoms with Crippen LogP contribution in [0.1, 0.15) is 5.56 Å². The molecule has 2 N–H and O–H groups in total. The van der Waals surface area contributed by atoms with E-state index in [0.29, 0.717) is 5.56 Å². The van der Waals surface area contributed by atoms with Crippen molar-refractivity contribution in [3.05, 3.63) is 35.9 Å². The monoisotopic (exact) mass is 266 g/mol. The second-order valence-corrected chi connectivity index (χ2v) is 6.84. The SMILES string of the molecule is O=P(O)(CS(=O)(=O)O)OCc1ccccc1. The standard InChI is InChI=1S/C8H11O6PS/c9-15(10,7-16(11,12)13)14-6-8-4-2-1-3-5-8/h1-5H,6-7H2,(H,9,10)(H,11,12,13). The molecule has 1 unspecified atom stereocenters. The Morgan fingerprint density at radius 2 is 1.81 bits per heavy atom. The molecule has 0 amide bonds. The van der Waals surface area contributed by atoms with Gasteiger partial charge < -0.3 is 9.42 Å². The molecule has 0 aliphatic rings. The van der Waals surface area contributed by atoms with Gasteiger partial charge in [-0.2, -0.15) is 8.42 Å². The molecule has 1 rings (SSSR count). The smallest absolute Gasteiger partial charge is 0.324 e. The van der Waals surface area contributed by atoms with Gasteiger partial charge in [0.05, 0.1) is 6.61 Å². The fourth-order valence-corrected chi connectivity index (χ4v) is 3.29. The molecule has 0 saturated carbocycles. The Kier molecular flexibility index (Phi) is 4.23. The van der Waals surface area contributed by atoms with Gasteiger partial charge in [0.1, 0.15) is 0 Å². The van der Waals surface area contributed by atoms with Gasteiger partial charge in [0, 0.05) is 0 Å². The number of hydrogen-bond donors (Lipinski definition) is 2. The number of benzene rings is 1. The van der Waals surface area contributed by atoms with Crippen LogP contribution in [0.25, 0.3) is 0 Å². The van der Waals surface area contributed by atoms with E-state index >= 15 is 0 Å². The van der Waals surface area contributed by atoms with Crippen LogP contribution in [-0.2, 0) is 25.8 Å². The molecule has 6 nitrogen and oxygen atoms in total.